The fourth-order valence-corrected chi connectivity index (χ4v) is 1.27. The van der Waals surface area contributed by atoms with Crippen LogP contribution in [0.3, 0.4) is 0 Å². The molecule has 0 bridgehead atoms. The maximum atomic E-state index is 11.4. The van der Waals surface area contributed by atoms with E-state index in [0.717, 1.165) is 12.1 Å². The van der Waals surface area contributed by atoms with Gasteiger partial charge in [-0.1, -0.05) is 25.1 Å². The van der Waals surface area contributed by atoms with E-state index < -0.39 is 6.09 Å². The predicted octanol–water partition coefficient (Wildman–Crippen LogP) is 3.05. The number of amides is 1. The molecule has 1 aromatic carbocycles. The average Bonchev–Trinajstić information content (AvgIpc) is 2.35. The minimum absolute atomic E-state index is 0. The standard InChI is InChI=1S/C13H20N2O2.ClH/c1-3-11(2)14-9-10-17-13(16)15-12-7-5-4-6-8-12;/h4-8,11,14H,3,9-10H2,1-2H3,(H,15,16);1H. The van der Waals surface area contributed by atoms with Gasteiger partial charge in [-0.05, 0) is 25.5 Å². The van der Waals surface area contributed by atoms with Crippen LogP contribution >= 0.6 is 12.4 Å². The Kier molecular flexibility index (Phi) is 9.06. The lowest BCUT2D eigenvalue weighted by Crippen LogP contribution is -2.30. The molecule has 1 rings (SSSR count). The molecule has 4 nitrogen and oxygen atoms in total. The molecule has 18 heavy (non-hydrogen) atoms. The molecule has 1 unspecified atom stereocenters. The summed E-state index contributed by atoms with van der Waals surface area (Å²) in [5.74, 6) is 0. The van der Waals surface area contributed by atoms with E-state index in [4.69, 9.17) is 4.74 Å². The lowest BCUT2D eigenvalue weighted by Gasteiger charge is -2.11. The van der Waals surface area contributed by atoms with Gasteiger partial charge in [-0.2, -0.15) is 0 Å². The smallest absolute Gasteiger partial charge is 0.411 e. The summed E-state index contributed by atoms with van der Waals surface area (Å²) in [5, 5.41) is 5.90. The molecule has 0 saturated heterocycles. The predicted molar refractivity (Wildman–Crippen MR) is 76.4 cm³/mol. The second-order valence-corrected chi connectivity index (χ2v) is 3.89. The molecule has 0 aliphatic carbocycles. The van der Waals surface area contributed by atoms with Gasteiger partial charge in [0.1, 0.15) is 6.61 Å². The van der Waals surface area contributed by atoms with E-state index in [-0.39, 0.29) is 12.4 Å². The number of ether oxygens (including phenoxy) is 1. The highest BCUT2D eigenvalue weighted by molar-refractivity contribution is 5.85. The first-order valence-corrected chi connectivity index (χ1v) is 5.94. The molecule has 0 fully saturated rings. The number of para-hydroxylation sites is 1. The van der Waals surface area contributed by atoms with Gasteiger partial charge in [-0.15, -0.1) is 12.4 Å². The lowest BCUT2D eigenvalue weighted by molar-refractivity contribution is 0.161. The topological polar surface area (TPSA) is 50.4 Å². The van der Waals surface area contributed by atoms with Gasteiger partial charge in [0.2, 0.25) is 0 Å². The molecule has 102 valence electrons. The van der Waals surface area contributed by atoms with Gasteiger partial charge >= 0.3 is 6.09 Å². The van der Waals surface area contributed by atoms with Gasteiger partial charge < -0.3 is 10.1 Å². The van der Waals surface area contributed by atoms with Crippen LogP contribution in [0.25, 0.3) is 0 Å². The van der Waals surface area contributed by atoms with E-state index in [1.165, 1.54) is 0 Å². The van der Waals surface area contributed by atoms with Crippen LogP contribution in [0.1, 0.15) is 20.3 Å². The van der Waals surface area contributed by atoms with Crippen molar-refractivity contribution < 1.29 is 9.53 Å². The number of hydrogen-bond donors (Lipinski definition) is 2. The van der Waals surface area contributed by atoms with Gasteiger partial charge in [0, 0.05) is 18.3 Å². The molecule has 0 heterocycles. The zero-order valence-electron chi connectivity index (χ0n) is 10.8. The van der Waals surface area contributed by atoms with Crippen molar-refractivity contribution in [2.75, 3.05) is 18.5 Å². The molecular formula is C13H21ClN2O2. The Morgan fingerprint density at radius 2 is 2.00 bits per heavy atom. The third-order valence-corrected chi connectivity index (χ3v) is 2.46. The average molecular weight is 273 g/mol. The molecule has 0 saturated carbocycles. The van der Waals surface area contributed by atoms with Crippen molar-refractivity contribution in [3.63, 3.8) is 0 Å². The Bertz CT molecular complexity index is 333. The number of carbonyl (C=O) groups excluding carboxylic acids is 1. The quantitative estimate of drug-likeness (QED) is 0.783. The molecule has 1 atom stereocenters. The van der Waals surface area contributed by atoms with E-state index in [2.05, 4.69) is 24.5 Å². The summed E-state index contributed by atoms with van der Waals surface area (Å²) in [7, 11) is 0. The first kappa shape index (κ1) is 16.7. The summed E-state index contributed by atoms with van der Waals surface area (Å²) in [4.78, 5) is 11.4. The van der Waals surface area contributed by atoms with Crippen LogP contribution in [0.4, 0.5) is 10.5 Å². The number of halogens is 1. The van der Waals surface area contributed by atoms with Gasteiger partial charge in [-0.3, -0.25) is 5.32 Å². The fraction of sp³-hybridized carbons (Fsp3) is 0.462. The molecule has 5 heteroatoms. The summed E-state index contributed by atoms with van der Waals surface area (Å²) in [6.07, 6.45) is 0.651. The number of carbonyl (C=O) groups is 1. The molecule has 2 N–H and O–H groups in total. The number of hydrogen-bond acceptors (Lipinski definition) is 3. The van der Waals surface area contributed by atoms with E-state index in [1.807, 2.05) is 30.3 Å². The third-order valence-electron chi connectivity index (χ3n) is 2.46. The van der Waals surface area contributed by atoms with Crippen molar-refractivity contribution in [1.29, 1.82) is 0 Å². The number of rotatable bonds is 6. The van der Waals surface area contributed by atoms with Crippen molar-refractivity contribution in [2.45, 2.75) is 26.3 Å². The first-order valence-electron chi connectivity index (χ1n) is 5.94. The molecule has 0 aliphatic heterocycles. The zero-order valence-corrected chi connectivity index (χ0v) is 11.6. The van der Waals surface area contributed by atoms with Crippen LogP contribution < -0.4 is 10.6 Å². The molecule has 0 radical (unpaired) electrons. The number of anilines is 1. The normalized spacial score (nSPS) is 11.2. The Balaban J connectivity index is 0.00000289. The molecule has 0 spiro atoms. The van der Waals surface area contributed by atoms with Crippen molar-refractivity contribution in [2.24, 2.45) is 0 Å². The zero-order chi connectivity index (χ0) is 12.5. The Morgan fingerprint density at radius 3 is 2.61 bits per heavy atom. The van der Waals surface area contributed by atoms with Crippen LogP contribution in [0, 0.1) is 0 Å². The summed E-state index contributed by atoms with van der Waals surface area (Å²) < 4.78 is 5.03. The third kappa shape index (κ3) is 7.14. The largest absolute Gasteiger partial charge is 0.448 e. The van der Waals surface area contributed by atoms with Crippen molar-refractivity contribution in [3.05, 3.63) is 30.3 Å². The second-order valence-electron chi connectivity index (χ2n) is 3.89. The highest BCUT2D eigenvalue weighted by atomic mass is 35.5. The van der Waals surface area contributed by atoms with E-state index >= 15 is 0 Å². The second kappa shape index (κ2) is 9.74. The van der Waals surface area contributed by atoms with Gasteiger partial charge in [0.05, 0.1) is 0 Å². The fourth-order valence-electron chi connectivity index (χ4n) is 1.27. The van der Waals surface area contributed by atoms with Crippen molar-refractivity contribution in [1.82, 2.24) is 5.32 Å². The Hall–Kier alpha value is -1.26. The maximum Gasteiger partial charge on any atom is 0.411 e. The molecule has 1 aromatic rings. The maximum absolute atomic E-state index is 11.4. The van der Waals surface area contributed by atoms with E-state index in [0.29, 0.717) is 19.2 Å². The summed E-state index contributed by atoms with van der Waals surface area (Å²) in [6.45, 7) is 5.27. The van der Waals surface area contributed by atoms with Crippen molar-refractivity contribution >= 4 is 24.2 Å². The van der Waals surface area contributed by atoms with E-state index in [1.54, 1.807) is 0 Å². The molecule has 0 aromatic heterocycles. The van der Waals surface area contributed by atoms with Crippen LogP contribution in [-0.4, -0.2) is 25.3 Å². The van der Waals surface area contributed by atoms with Gasteiger partial charge in [0.15, 0.2) is 0 Å². The number of benzene rings is 1. The molecule has 0 aliphatic rings. The minimum Gasteiger partial charge on any atom is -0.448 e. The van der Waals surface area contributed by atoms with Crippen molar-refractivity contribution in [3.8, 4) is 0 Å². The van der Waals surface area contributed by atoms with Crippen LogP contribution in [0.2, 0.25) is 0 Å². The summed E-state index contributed by atoms with van der Waals surface area (Å²) >= 11 is 0. The highest BCUT2D eigenvalue weighted by Gasteiger charge is 2.02. The molecular weight excluding hydrogens is 252 g/mol. The summed E-state index contributed by atoms with van der Waals surface area (Å²) in [6, 6.07) is 9.71. The lowest BCUT2D eigenvalue weighted by atomic mass is 10.3. The van der Waals surface area contributed by atoms with Crippen LogP contribution in [0.15, 0.2) is 30.3 Å². The van der Waals surface area contributed by atoms with Crippen LogP contribution in [0.5, 0.6) is 0 Å². The Morgan fingerprint density at radius 1 is 1.33 bits per heavy atom. The molecule has 1 amide bonds. The van der Waals surface area contributed by atoms with Gasteiger partial charge in [0.25, 0.3) is 0 Å². The SMILES string of the molecule is CCC(C)NCCOC(=O)Nc1ccccc1.Cl. The minimum atomic E-state index is -0.415. The van der Waals surface area contributed by atoms with Crippen LogP contribution in [-0.2, 0) is 4.74 Å². The van der Waals surface area contributed by atoms with Gasteiger partial charge in [-0.25, -0.2) is 4.79 Å². The first-order chi connectivity index (χ1) is 8.22. The summed E-state index contributed by atoms with van der Waals surface area (Å²) in [5.41, 5.74) is 0.743. The highest BCUT2D eigenvalue weighted by Crippen LogP contribution is 2.04. The number of nitrogens with one attached hydrogen (secondary N) is 2. The van der Waals surface area contributed by atoms with E-state index in [9.17, 15) is 4.79 Å². The Labute approximate surface area is 115 Å². The monoisotopic (exact) mass is 272 g/mol.